The van der Waals surface area contributed by atoms with E-state index in [4.69, 9.17) is 4.74 Å². The van der Waals surface area contributed by atoms with Crippen LogP contribution < -0.4 is 4.90 Å². The third-order valence-electron chi connectivity index (χ3n) is 3.73. The summed E-state index contributed by atoms with van der Waals surface area (Å²) in [6, 6.07) is 7.46. The average Bonchev–Trinajstić information content (AvgIpc) is 2.36. The van der Waals surface area contributed by atoms with Gasteiger partial charge in [-0.05, 0) is 44.9 Å². The van der Waals surface area contributed by atoms with Crippen molar-refractivity contribution in [3.05, 3.63) is 29.8 Å². The van der Waals surface area contributed by atoms with Crippen LogP contribution in [0.15, 0.2) is 24.3 Å². The van der Waals surface area contributed by atoms with Crippen LogP contribution in [0, 0.1) is 0 Å². The maximum atomic E-state index is 11.6. The van der Waals surface area contributed by atoms with Crippen LogP contribution >= 0.6 is 0 Å². The molecule has 1 unspecified atom stereocenters. The Labute approximate surface area is 114 Å². The van der Waals surface area contributed by atoms with Crippen molar-refractivity contribution < 1.29 is 14.6 Å². The molecule has 0 spiro atoms. The second-order valence-electron chi connectivity index (χ2n) is 5.65. The van der Waals surface area contributed by atoms with E-state index in [0.29, 0.717) is 5.56 Å². The number of aliphatic hydroxyl groups excluding tert-OH is 1. The van der Waals surface area contributed by atoms with Gasteiger partial charge in [0.05, 0.1) is 18.8 Å². The molecule has 104 valence electrons. The minimum atomic E-state index is -0.322. The van der Waals surface area contributed by atoms with E-state index in [1.165, 1.54) is 7.11 Å². The second-order valence-corrected chi connectivity index (χ2v) is 5.65. The molecular weight excluding hydrogens is 242 g/mol. The van der Waals surface area contributed by atoms with Crippen molar-refractivity contribution in [2.24, 2.45) is 0 Å². The predicted molar refractivity (Wildman–Crippen MR) is 74.4 cm³/mol. The molecule has 1 atom stereocenters. The lowest BCUT2D eigenvalue weighted by Gasteiger charge is -2.46. The average molecular weight is 263 g/mol. The number of ether oxygens (including phenoxy) is 1. The number of anilines is 1. The Hall–Kier alpha value is -1.55. The molecule has 1 aromatic carbocycles. The Morgan fingerprint density at radius 1 is 1.47 bits per heavy atom. The molecule has 0 saturated carbocycles. The molecular formula is C15H21NO3. The van der Waals surface area contributed by atoms with Crippen LogP contribution in [0.1, 0.15) is 37.0 Å². The van der Waals surface area contributed by atoms with Gasteiger partial charge in [0.15, 0.2) is 0 Å². The second kappa shape index (κ2) is 5.21. The van der Waals surface area contributed by atoms with Gasteiger partial charge in [-0.1, -0.05) is 6.07 Å². The molecule has 1 aromatic rings. The lowest BCUT2D eigenvalue weighted by atomic mass is 9.88. The van der Waals surface area contributed by atoms with Gasteiger partial charge in [0.25, 0.3) is 0 Å². The minimum absolute atomic E-state index is 0.119. The highest BCUT2D eigenvalue weighted by Gasteiger charge is 2.34. The number of nitrogens with zero attached hydrogens (tertiary/aromatic N) is 1. The normalized spacial score (nSPS) is 22.1. The van der Waals surface area contributed by atoms with E-state index in [-0.39, 0.29) is 17.6 Å². The van der Waals surface area contributed by atoms with Gasteiger partial charge in [-0.25, -0.2) is 4.79 Å². The van der Waals surface area contributed by atoms with Crippen LogP contribution in [0.4, 0.5) is 5.69 Å². The fraction of sp³-hybridized carbons (Fsp3) is 0.533. The van der Waals surface area contributed by atoms with Crippen molar-refractivity contribution in [3.8, 4) is 0 Å². The van der Waals surface area contributed by atoms with Crippen LogP contribution in [0.3, 0.4) is 0 Å². The summed E-state index contributed by atoms with van der Waals surface area (Å²) in [5.41, 5.74) is 1.44. The number of carbonyl (C=O) groups is 1. The number of carbonyl (C=O) groups excluding carboxylic acids is 1. The number of esters is 1. The topological polar surface area (TPSA) is 49.8 Å². The molecule has 19 heavy (non-hydrogen) atoms. The fourth-order valence-corrected chi connectivity index (χ4v) is 2.77. The Morgan fingerprint density at radius 2 is 2.21 bits per heavy atom. The molecule has 1 fully saturated rings. The summed E-state index contributed by atoms with van der Waals surface area (Å²) in [7, 11) is 1.39. The summed E-state index contributed by atoms with van der Waals surface area (Å²) in [4.78, 5) is 13.8. The molecule has 1 aliphatic rings. The first-order valence-electron chi connectivity index (χ1n) is 6.58. The first kappa shape index (κ1) is 13.9. The summed E-state index contributed by atoms with van der Waals surface area (Å²) in [5.74, 6) is -0.322. The van der Waals surface area contributed by atoms with Gasteiger partial charge in [0.2, 0.25) is 0 Å². The lowest BCUT2D eigenvalue weighted by molar-refractivity contribution is 0.0600. The van der Waals surface area contributed by atoms with E-state index in [1.807, 2.05) is 18.2 Å². The largest absolute Gasteiger partial charge is 0.465 e. The Kier molecular flexibility index (Phi) is 3.80. The molecule has 1 aliphatic heterocycles. The molecule has 0 aromatic heterocycles. The van der Waals surface area contributed by atoms with Crippen molar-refractivity contribution >= 4 is 11.7 Å². The quantitative estimate of drug-likeness (QED) is 0.831. The molecule has 4 heteroatoms. The molecule has 1 saturated heterocycles. The molecule has 1 N–H and O–H groups in total. The Balaban J connectivity index is 2.28. The van der Waals surface area contributed by atoms with Gasteiger partial charge in [0.1, 0.15) is 0 Å². The molecule has 0 amide bonds. The van der Waals surface area contributed by atoms with E-state index < -0.39 is 0 Å². The zero-order valence-electron chi connectivity index (χ0n) is 11.7. The third kappa shape index (κ3) is 2.89. The third-order valence-corrected chi connectivity index (χ3v) is 3.73. The van der Waals surface area contributed by atoms with Crippen LogP contribution in [0.25, 0.3) is 0 Å². The summed E-state index contributed by atoms with van der Waals surface area (Å²) >= 11 is 0. The molecule has 1 heterocycles. The van der Waals surface area contributed by atoms with Gasteiger partial charge in [-0.3, -0.25) is 0 Å². The summed E-state index contributed by atoms with van der Waals surface area (Å²) in [5, 5.41) is 9.79. The van der Waals surface area contributed by atoms with Gasteiger partial charge in [-0.15, -0.1) is 0 Å². The van der Waals surface area contributed by atoms with E-state index in [9.17, 15) is 9.90 Å². The van der Waals surface area contributed by atoms with Gasteiger partial charge < -0.3 is 14.7 Å². The van der Waals surface area contributed by atoms with E-state index in [0.717, 1.165) is 25.1 Å². The van der Waals surface area contributed by atoms with Crippen molar-refractivity contribution in [1.29, 1.82) is 0 Å². The zero-order chi connectivity index (χ0) is 14.0. The standard InChI is InChI=1S/C15H21NO3/c1-15(2)10-13(17)7-8-16(15)12-6-4-5-11(9-12)14(18)19-3/h4-6,9,13,17H,7-8,10H2,1-3H3. The van der Waals surface area contributed by atoms with Crippen LogP contribution in [-0.2, 0) is 4.74 Å². The number of hydrogen-bond donors (Lipinski definition) is 1. The number of hydrogen-bond acceptors (Lipinski definition) is 4. The maximum Gasteiger partial charge on any atom is 0.337 e. The minimum Gasteiger partial charge on any atom is -0.465 e. The highest BCUT2D eigenvalue weighted by atomic mass is 16.5. The number of benzene rings is 1. The summed E-state index contributed by atoms with van der Waals surface area (Å²) in [6.07, 6.45) is 1.25. The molecule has 4 nitrogen and oxygen atoms in total. The molecule has 0 radical (unpaired) electrons. The van der Waals surface area contributed by atoms with Gasteiger partial charge in [0, 0.05) is 17.8 Å². The highest BCUT2D eigenvalue weighted by molar-refractivity contribution is 5.90. The van der Waals surface area contributed by atoms with Crippen molar-refractivity contribution in [2.45, 2.75) is 38.3 Å². The number of piperidine rings is 1. The summed E-state index contributed by atoms with van der Waals surface area (Å²) < 4.78 is 4.75. The van der Waals surface area contributed by atoms with Gasteiger partial charge >= 0.3 is 5.97 Å². The number of rotatable bonds is 2. The molecule has 2 rings (SSSR count). The van der Waals surface area contributed by atoms with Crippen molar-refractivity contribution in [2.75, 3.05) is 18.6 Å². The maximum absolute atomic E-state index is 11.6. The Bertz CT molecular complexity index is 470. The molecule has 0 aliphatic carbocycles. The van der Waals surface area contributed by atoms with Gasteiger partial charge in [-0.2, -0.15) is 0 Å². The van der Waals surface area contributed by atoms with Crippen LogP contribution in [0.2, 0.25) is 0 Å². The van der Waals surface area contributed by atoms with Crippen LogP contribution in [0.5, 0.6) is 0 Å². The van der Waals surface area contributed by atoms with E-state index in [2.05, 4.69) is 18.7 Å². The number of aliphatic hydroxyl groups is 1. The zero-order valence-corrected chi connectivity index (χ0v) is 11.7. The number of methoxy groups -OCH3 is 1. The van der Waals surface area contributed by atoms with E-state index in [1.54, 1.807) is 6.07 Å². The predicted octanol–water partition coefficient (Wildman–Crippen LogP) is 2.21. The summed E-state index contributed by atoms with van der Waals surface area (Å²) in [6.45, 7) is 5.01. The fourth-order valence-electron chi connectivity index (χ4n) is 2.77. The van der Waals surface area contributed by atoms with Crippen molar-refractivity contribution in [1.82, 2.24) is 0 Å². The van der Waals surface area contributed by atoms with Crippen molar-refractivity contribution in [3.63, 3.8) is 0 Å². The highest BCUT2D eigenvalue weighted by Crippen LogP contribution is 2.33. The first-order valence-corrected chi connectivity index (χ1v) is 6.58. The monoisotopic (exact) mass is 263 g/mol. The van der Waals surface area contributed by atoms with E-state index >= 15 is 0 Å². The lowest BCUT2D eigenvalue weighted by Crippen LogP contribution is -2.51. The first-order chi connectivity index (χ1) is 8.94. The molecule has 0 bridgehead atoms. The Morgan fingerprint density at radius 3 is 2.84 bits per heavy atom. The SMILES string of the molecule is COC(=O)c1cccc(N2CCC(O)CC2(C)C)c1. The smallest absolute Gasteiger partial charge is 0.337 e. The van der Waals surface area contributed by atoms with Crippen LogP contribution in [-0.4, -0.2) is 36.4 Å².